The van der Waals surface area contributed by atoms with Gasteiger partial charge in [-0.05, 0) is 25.9 Å². The predicted octanol–water partition coefficient (Wildman–Crippen LogP) is 0.248. The Labute approximate surface area is 70.6 Å². The molecule has 0 spiro atoms. The molecular formula is C7H12N4O. The van der Waals surface area contributed by atoms with Gasteiger partial charge in [-0.15, -0.1) is 5.10 Å². The largest absolute Gasteiger partial charge is 0.407 e. The highest BCUT2D eigenvalue weighted by Gasteiger charge is 2.14. The Kier molecular flexibility index (Phi) is 1.95. The number of likely N-dealkylation sites (tertiary alicyclic amines) is 1. The predicted molar refractivity (Wildman–Crippen MR) is 43.2 cm³/mol. The Morgan fingerprint density at radius 3 is 2.67 bits per heavy atom. The molecule has 2 N–H and O–H groups in total. The van der Waals surface area contributed by atoms with Crippen LogP contribution in [0.25, 0.3) is 0 Å². The topological polar surface area (TPSA) is 68.2 Å². The van der Waals surface area contributed by atoms with Crippen LogP contribution < -0.4 is 5.73 Å². The van der Waals surface area contributed by atoms with E-state index < -0.39 is 0 Å². The van der Waals surface area contributed by atoms with Crippen molar-refractivity contribution in [3.63, 3.8) is 0 Å². The zero-order valence-corrected chi connectivity index (χ0v) is 6.86. The van der Waals surface area contributed by atoms with Crippen molar-refractivity contribution in [1.82, 2.24) is 15.1 Å². The van der Waals surface area contributed by atoms with E-state index in [-0.39, 0.29) is 6.01 Å². The molecule has 5 heteroatoms. The lowest BCUT2D eigenvalue weighted by atomic mass is 10.4. The van der Waals surface area contributed by atoms with Gasteiger partial charge in [0.2, 0.25) is 5.89 Å². The smallest absolute Gasteiger partial charge is 0.312 e. The van der Waals surface area contributed by atoms with Crippen LogP contribution in [0.2, 0.25) is 0 Å². The molecule has 0 amide bonds. The van der Waals surface area contributed by atoms with Crippen molar-refractivity contribution in [2.24, 2.45) is 0 Å². The first-order chi connectivity index (χ1) is 5.84. The molecule has 1 fully saturated rings. The van der Waals surface area contributed by atoms with E-state index in [2.05, 4.69) is 15.1 Å². The van der Waals surface area contributed by atoms with Crippen molar-refractivity contribution in [2.45, 2.75) is 19.4 Å². The van der Waals surface area contributed by atoms with E-state index in [1.807, 2.05) is 0 Å². The molecule has 0 saturated carbocycles. The minimum Gasteiger partial charge on any atom is -0.407 e. The van der Waals surface area contributed by atoms with Crippen LogP contribution in [0.3, 0.4) is 0 Å². The maximum Gasteiger partial charge on any atom is 0.312 e. The molecule has 0 unspecified atom stereocenters. The van der Waals surface area contributed by atoms with E-state index in [1.54, 1.807) is 0 Å². The first kappa shape index (κ1) is 7.54. The second-order valence-electron chi connectivity index (χ2n) is 3.02. The van der Waals surface area contributed by atoms with E-state index in [4.69, 9.17) is 10.2 Å². The Morgan fingerprint density at radius 2 is 2.08 bits per heavy atom. The summed E-state index contributed by atoms with van der Waals surface area (Å²) >= 11 is 0. The van der Waals surface area contributed by atoms with Crippen LogP contribution in [0.1, 0.15) is 18.7 Å². The zero-order valence-electron chi connectivity index (χ0n) is 6.86. The molecular weight excluding hydrogens is 156 g/mol. The standard InChI is InChI=1S/C7H12N4O/c8-7-10-9-6(12-7)5-11-3-1-2-4-11/h1-5H2,(H2,8,10). The molecule has 0 aliphatic carbocycles. The maximum atomic E-state index is 5.29. The van der Waals surface area contributed by atoms with Gasteiger partial charge in [-0.25, -0.2) is 0 Å². The van der Waals surface area contributed by atoms with Gasteiger partial charge in [-0.3, -0.25) is 4.90 Å². The third-order valence-electron chi connectivity index (χ3n) is 2.04. The van der Waals surface area contributed by atoms with Crippen molar-refractivity contribution in [3.8, 4) is 0 Å². The van der Waals surface area contributed by atoms with E-state index in [1.165, 1.54) is 12.8 Å². The van der Waals surface area contributed by atoms with Gasteiger partial charge in [0, 0.05) is 0 Å². The van der Waals surface area contributed by atoms with E-state index in [0.29, 0.717) is 5.89 Å². The molecule has 5 nitrogen and oxygen atoms in total. The van der Waals surface area contributed by atoms with Crippen LogP contribution in [0, 0.1) is 0 Å². The minimum atomic E-state index is 0.157. The molecule has 2 heterocycles. The first-order valence-electron chi connectivity index (χ1n) is 4.15. The van der Waals surface area contributed by atoms with Gasteiger partial charge < -0.3 is 10.2 Å². The molecule has 1 aliphatic rings. The van der Waals surface area contributed by atoms with Crippen LogP contribution in [0.15, 0.2) is 4.42 Å². The number of anilines is 1. The Morgan fingerprint density at radius 1 is 1.33 bits per heavy atom. The Balaban J connectivity index is 1.94. The summed E-state index contributed by atoms with van der Waals surface area (Å²) in [5.41, 5.74) is 5.29. The summed E-state index contributed by atoms with van der Waals surface area (Å²) in [6.45, 7) is 2.99. The van der Waals surface area contributed by atoms with Crippen molar-refractivity contribution in [3.05, 3.63) is 5.89 Å². The van der Waals surface area contributed by atoms with Crippen LogP contribution in [0.5, 0.6) is 0 Å². The zero-order chi connectivity index (χ0) is 8.39. The lowest BCUT2D eigenvalue weighted by Crippen LogP contribution is -2.18. The van der Waals surface area contributed by atoms with Gasteiger partial charge in [0.15, 0.2) is 0 Å². The van der Waals surface area contributed by atoms with Crippen molar-refractivity contribution < 1.29 is 4.42 Å². The van der Waals surface area contributed by atoms with Gasteiger partial charge in [-0.1, -0.05) is 5.10 Å². The molecule has 12 heavy (non-hydrogen) atoms. The fraction of sp³-hybridized carbons (Fsp3) is 0.714. The number of hydrogen-bond donors (Lipinski definition) is 1. The van der Waals surface area contributed by atoms with Crippen molar-refractivity contribution >= 4 is 6.01 Å². The monoisotopic (exact) mass is 168 g/mol. The molecule has 2 rings (SSSR count). The summed E-state index contributed by atoms with van der Waals surface area (Å²) in [5, 5.41) is 7.39. The molecule has 66 valence electrons. The lowest BCUT2D eigenvalue weighted by molar-refractivity contribution is 0.293. The molecule has 0 bridgehead atoms. The number of nitrogens with zero attached hydrogens (tertiary/aromatic N) is 3. The highest BCUT2D eigenvalue weighted by atomic mass is 16.4. The van der Waals surface area contributed by atoms with Gasteiger partial charge >= 0.3 is 6.01 Å². The third-order valence-corrected chi connectivity index (χ3v) is 2.04. The Hall–Kier alpha value is -1.10. The molecule has 0 aromatic carbocycles. The molecule has 1 saturated heterocycles. The fourth-order valence-corrected chi connectivity index (χ4v) is 1.46. The van der Waals surface area contributed by atoms with E-state index in [9.17, 15) is 0 Å². The second-order valence-corrected chi connectivity index (χ2v) is 3.02. The molecule has 1 aromatic heterocycles. The minimum absolute atomic E-state index is 0.157. The second kappa shape index (κ2) is 3.10. The average molecular weight is 168 g/mol. The molecule has 0 radical (unpaired) electrons. The van der Waals surface area contributed by atoms with Crippen molar-refractivity contribution in [2.75, 3.05) is 18.8 Å². The highest BCUT2D eigenvalue weighted by molar-refractivity contribution is 5.04. The molecule has 1 aromatic rings. The third kappa shape index (κ3) is 1.55. The van der Waals surface area contributed by atoms with Crippen molar-refractivity contribution in [1.29, 1.82) is 0 Å². The van der Waals surface area contributed by atoms with Gasteiger partial charge in [0.1, 0.15) is 0 Å². The number of aromatic nitrogens is 2. The van der Waals surface area contributed by atoms with Gasteiger partial charge in [-0.2, -0.15) is 0 Å². The van der Waals surface area contributed by atoms with Gasteiger partial charge in [0.05, 0.1) is 6.54 Å². The number of rotatable bonds is 2. The van der Waals surface area contributed by atoms with Crippen LogP contribution in [-0.4, -0.2) is 28.2 Å². The summed E-state index contributed by atoms with van der Waals surface area (Å²) in [4.78, 5) is 2.28. The fourth-order valence-electron chi connectivity index (χ4n) is 1.46. The number of hydrogen-bond acceptors (Lipinski definition) is 5. The quantitative estimate of drug-likeness (QED) is 0.685. The highest BCUT2D eigenvalue weighted by Crippen LogP contribution is 2.11. The molecule has 0 atom stereocenters. The number of nitrogens with two attached hydrogens (primary N) is 1. The first-order valence-corrected chi connectivity index (χ1v) is 4.15. The van der Waals surface area contributed by atoms with Gasteiger partial charge in [0.25, 0.3) is 0 Å². The summed E-state index contributed by atoms with van der Waals surface area (Å²) in [5.74, 6) is 0.620. The van der Waals surface area contributed by atoms with E-state index >= 15 is 0 Å². The maximum absolute atomic E-state index is 5.29. The summed E-state index contributed by atoms with van der Waals surface area (Å²) in [7, 11) is 0. The summed E-state index contributed by atoms with van der Waals surface area (Å²) < 4.78 is 5.06. The Bertz CT molecular complexity index is 254. The average Bonchev–Trinajstić information content (AvgIpc) is 2.63. The van der Waals surface area contributed by atoms with E-state index in [0.717, 1.165) is 19.6 Å². The van der Waals surface area contributed by atoms with Crippen LogP contribution in [-0.2, 0) is 6.54 Å². The normalized spacial score (nSPS) is 18.7. The SMILES string of the molecule is Nc1nnc(CN2CCCC2)o1. The number of nitrogen functional groups attached to an aromatic ring is 1. The molecule has 1 aliphatic heterocycles. The summed E-state index contributed by atoms with van der Waals surface area (Å²) in [6.07, 6.45) is 2.53. The lowest BCUT2D eigenvalue weighted by Gasteiger charge is -2.09. The summed E-state index contributed by atoms with van der Waals surface area (Å²) in [6, 6.07) is 0.157. The van der Waals surface area contributed by atoms with Crippen LogP contribution >= 0.6 is 0 Å². The van der Waals surface area contributed by atoms with Crippen LogP contribution in [0.4, 0.5) is 6.01 Å².